The van der Waals surface area contributed by atoms with Crippen LogP contribution in [0.2, 0.25) is 0 Å². The van der Waals surface area contributed by atoms with Crippen LogP contribution in [0.15, 0.2) is 35.3 Å². The van der Waals surface area contributed by atoms with E-state index in [1.165, 1.54) is 5.56 Å². The van der Waals surface area contributed by atoms with Crippen molar-refractivity contribution in [3.8, 4) is 0 Å². The van der Waals surface area contributed by atoms with Crippen molar-refractivity contribution in [2.24, 2.45) is 16.3 Å². The van der Waals surface area contributed by atoms with Crippen LogP contribution in [0.25, 0.3) is 0 Å². The van der Waals surface area contributed by atoms with E-state index in [1.807, 2.05) is 7.05 Å². The predicted molar refractivity (Wildman–Crippen MR) is 110 cm³/mol. The highest BCUT2D eigenvalue weighted by Gasteiger charge is 2.59. The molecule has 2 aliphatic rings. The fourth-order valence-corrected chi connectivity index (χ4v) is 4.10. The first-order chi connectivity index (χ1) is 11.1. The van der Waals surface area contributed by atoms with Gasteiger partial charge < -0.3 is 15.4 Å². The van der Waals surface area contributed by atoms with Crippen molar-refractivity contribution in [1.29, 1.82) is 0 Å². The van der Waals surface area contributed by atoms with E-state index in [-0.39, 0.29) is 29.4 Å². The number of nitrogens with zero attached hydrogens (tertiary/aromatic N) is 1. The summed E-state index contributed by atoms with van der Waals surface area (Å²) in [6.07, 6.45) is 3.78. The molecule has 3 unspecified atom stereocenters. The second kappa shape index (κ2) is 8.52. The summed E-state index contributed by atoms with van der Waals surface area (Å²) < 4.78 is 5.86. The number of rotatable bonds is 5. The zero-order valence-electron chi connectivity index (χ0n) is 14.9. The van der Waals surface area contributed by atoms with Gasteiger partial charge in [0, 0.05) is 37.6 Å². The summed E-state index contributed by atoms with van der Waals surface area (Å²) in [4.78, 5) is 4.39. The van der Waals surface area contributed by atoms with Crippen molar-refractivity contribution in [2.45, 2.75) is 45.3 Å². The lowest BCUT2D eigenvalue weighted by atomic mass is 9.57. The van der Waals surface area contributed by atoms with Crippen LogP contribution in [-0.4, -0.2) is 38.3 Å². The monoisotopic (exact) mass is 443 g/mol. The Kier molecular flexibility index (Phi) is 6.92. The van der Waals surface area contributed by atoms with Crippen LogP contribution in [0.3, 0.4) is 0 Å². The molecule has 4 nitrogen and oxygen atoms in total. The summed E-state index contributed by atoms with van der Waals surface area (Å²) in [5, 5.41) is 7.08. The third kappa shape index (κ3) is 4.04. The summed E-state index contributed by atoms with van der Waals surface area (Å²) >= 11 is 0. The molecule has 2 N–H and O–H groups in total. The molecule has 0 spiro atoms. The smallest absolute Gasteiger partial charge is 0.191 e. The molecule has 1 aliphatic carbocycles. The molecule has 0 amide bonds. The standard InChI is InChI=1S/C19H29N3O.HI/c1-19(2)16(15-11-13-23-17(15)19)22-18(20-3)21-12-7-10-14-8-5-4-6-9-14;/h4-6,8-9,15-17H,7,10-13H2,1-3H3,(H2,20,21,22);1H. The molecule has 0 aromatic heterocycles. The van der Waals surface area contributed by atoms with E-state index >= 15 is 0 Å². The average molecular weight is 443 g/mol. The third-order valence-corrected chi connectivity index (χ3v) is 5.39. The minimum atomic E-state index is 0. The normalized spacial score (nSPS) is 27.6. The first-order valence-electron chi connectivity index (χ1n) is 8.75. The van der Waals surface area contributed by atoms with E-state index in [4.69, 9.17) is 4.74 Å². The summed E-state index contributed by atoms with van der Waals surface area (Å²) in [6.45, 7) is 6.42. The maximum absolute atomic E-state index is 5.86. The minimum Gasteiger partial charge on any atom is -0.377 e. The number of ether oxygens (including phenoxy) is 1. The molecule has 134 valence electrons. The number of fused-ring (bicyclic) bond motifs is 1. The van der Waals surface area contributed by atoms with Crippen molar-refractivity contribution in [2.75, 3.05) is 20.2 Å². The van der Waals surface area contributed by atoms with Gasteiger partial charge in [-0.1, -0.05) is 44.2 Å². The fraction of sp³-hybridized carbons (Fsp3) is 0.632. The molecular weight excluding hydrogens is 413 g/mol. The Labute approximate surface area is 162 Å². The Bertz CT molecular complexity index is 547. The van der Waals surface area contributed by atoms with Crippen molar-refractivity contribution in [3.05, 3.63) is 35.9 Å². The molecule has 3 atom stereocenters. The number of aliphatic imine (C=N–C) groups is 1. The Morgan fingerprint density at radius 2 is 2.04 bits per heavy atom. The highest BCUT2D eigenvalue weighted by molar-refractivity contribution is 14.0. The van der Waals surface area contributed by atoms with Gasteiger partial charge in [0.05, 0.1) is 6.10 Å². The second-order valence-corrected chi connectivity index (χ2v) is 7.28. The Balaban J connectivity index is 0.00000208. The van der Waals surface area contributed by atoms with Crippen LogP contribution in [0.4, 0.5) is 0 Å². The number of hydrogen-bond acceptors (Lipinski definition) is 2. The third-order valence-electron chi connectivity index (χ3n) is 5.39. The van der Waals surface area contributed by atoms with Gasteiger partial charge in [-0.05, 0) is 24.8 Å². The summed E-state index contributed by atoms with van der Waals surface area (Å²) in [5.41, 5.74) is 1.58. The minimum absolute atomic E-state index is 0. The number of benzene rings is 1. The molecule has 5 heteroatoms. The van der Waals surface area contributed by atoms with Crippen LogP contribution in [0.1, 0.15) is 32.3 Å². The molecule has 1 saturated heterocycles. The van der Waals surface area contributed by atoms with Gasteiger partial charge in [-0.15, -0.1) is 24.0 Å². The average Bonchev–Trinajstić information content (AvgIpc) is 3.02. The Hall–Kier alpha value is -0.820. The molecule has 1 aromatic rings. The Morgan fingerprint density at radius 1 is 1.29 bits per heavy atom. The fourth-order valence-electron chi connectivity index (χ4n) is 4.10. The van der Waals surface area contributed by atoms with Crippen LogP contribution in [-0.2, 0) is 11.2 Å². The lowest BCUT2D eigenvalue weighted by molar-refractivity contribution is -0.106. The maximum Gasteiger partial charge on any atom is 0.191 e. The predicted octanol–water partition coefficient (Wildman–Crippen LogP) is 3.22. The number of nitrogens with one attached hydrogen (secondary N) is 2. The molecule has 0 bridgehead atoms. The SMILES string of the molecule is CN=C(NCCCc1ccccc1)NC1C2CCOC2C1(C)C.I. The Morgan fingerprint density at radius 3 is 2.75 bits per heavy atom. The van der Waals surface area contributed by atoms with E-state index in [2.05, 4.69) is 59.8 Å². The van der Waals surface area contributed by atoms with Gasteiger partial charge >= 0.3 is 0 Å². The number of guanidine groups is 1. The van der Waals surface area contributed by atoms with Gasteiger partial charge in [-0.25, -0.2) is 0 Å². The molecule has 3 rings (SSSR count). The van der Waals surface area contributed by atoms with Crippen molar-refractivity contribution in [1.82, 2.24) is 10.6 Å². The van der Waals surface area contributed by atoms with Gasteiger partial charge in [-0.3, -0.25) is 4.99 Å². The number of aryl methyl sites for hydroxylation is 1. The van der Waals surface area contributed by atoms with Crippen molar-refractivity contribution < 1.29 is 4.74 Å². The first kappa shape index (κ1) is 19.5. The molecule has 1 aromatic carbocycles. The summed E-state index contributed by atoms with van der Waals surface area (Å²) in [5.74, 6) is 1.55. The molecular formula is C19H30IN3O. The molecule has 2 fully saturated rings. The highest BCUT2D eigenvalue weighted by atomic mass is 127. The van der Waals surface area contributed by atoms with Gasteiger partial charge in [-0.2, -0.15) is 0 Å². The van der Waals surface area contributed by atoms with E-state index < -0.39 is 0 Å². The quantitative estimate of drug-likeness (QED) is 0.318. The maximum atomic E-state index is 5.86. The van der Waals surface area contributed by atoms with Gasteiger partial charge in [0.1, 0.15) is 0 Å². The van der Waals surface area contributed by atoms with Crippen molar-refractivity contribution >= 4 is 29.9 Å². The van der Waals surface area contributed by atoms with Gasteiger partial charge in [0.2, 0.25) is 0 Å². The van der Waals surface area contributed by atoms with Gasteiger partial charge in [0.15, 0.2) is 5.96 Å². The molecule has 1 aliphatic heterocycles. The molecule has 0 radical (unpaired) electrons. The zero-order valence-corrected chi connectivity index (χ0v) is 17.2. The van der Waals surface area contributed by atoms with E-state index in [0.717, 1.165) is 38.4 Å². The lowest BCUT2D eigenvalue weighted by Crippen LogP contribution is -2.67. The first-order valence-corrected chi connectivity index (χ1v) is 8.75. The van der Waals surface area contributed by atoms with Crippen LogP contribution in [0.5, 0.6) is 0 Å². The van der Waals surface area contributed by atoms with E-state index in [9.17, 15) is 0 Å². The summed E-state index contributed by atoms with van der Waals surface area (Å²) in [7, 11) is 1.85. The highest BCUT2D eigenvalue weighted by Crippen LogP contribution is 2.52. The summed E-state index contributed by atoms with van der Waals surface area (Å²) in [6, 6.07) is 11.1. The largest absolute Gasteiger partial charge is 0.377 e. The topological polar surface area (TPSA) is 45.7 Å². The van der Waals surface area contributed by atoms with Gasteiger partial charge in [0.25, 0.3) is 0 Å². The van der Waals surface area contributed by atoms with E-state index in [0.29, 0.717) is 18.1 Å². The second-order valence-electron chi connectivity index (χ2n) is 7.28. The lowest BCUT2D eigenvalue weighted by Gasteiger charge is -2.54. The molecule has 1 heterocycles. The molecule has 1 saturated carbocycles. The number of halogens is 1. The van der Waals surface area contributed by atoms with Crippen LogP contribution in [0, 0.1) is 11.3 Å². The van der Waals surface area contributed by atoms with Crippen LogP contribution >= 0.6 is 24.0 Å². The van der Waals surface area contributed by atoms with E-state index in [1.54, 1.807) is 0 Å². The molecule has 24 heavy (non-hydrogen) atoms. The zero-order chi connectivity index (χ0) is 16.3. The van der Waals surface area contributed by atoms with Crippen molar-refractivity contribution in [3.63, 3.8) is 0 Å². The number of hydrogen-bond donors (Lipinski definition) is 2. The van der Waals surface area contributed by atoms with Crippen LogP contribution < -0.4 is 10.6 Å².